The van der Waals surface area contributed by atoms with Gasteiger partial charge >= 0.3 is 0 Å². The lowest BCUT2D eigenvalue weighted by Crippen LogP contribution is -2.50. The topological polar surface area (TPSA) is 49.3 Å². The molecule has 0 spiro atoms. The number of halogens is 1. The molecule has 0 aliphatic carbocycles. The fraction of sp³-hybridized carbons (Fsp3) is 0.533. The van der Waals surface area contributed by atoms with Crippen molar-refractivity contribution in [1.29, 1.82) is 0 Å². The van der Waals surface area contributed by atoms with Gasteiger partial charge in [0.25, 0.3) is 0 Å². The number of nitrogens with one attached hydrogen (secondary N) is 1. The van der Waals surface area contributed by atoms with Crippen LogP contribution < -0.4 is 5.32 Å². The van der Waals surface area contributed by atoms with Crippen molar-refractivity contribution >= 4 is 29.3 Å². The SMILES string of the molecule is CCC(CC)(CO)NC(=O)CCSc1ccccc1Cl. The van der Waals surface area contributed by atoms with Gasteiger partial charge in [0.05, 0.1) is 17.2 Å². The summed E-state index contributed by atoms with van der Waals surface area (Å²) in [5, 5.41) is 13.1. The van der Waals surface area contributed by atoms with Crippen molar-refractivity contribution < 1.29 is 9.90 Å². The van der Waals surface area contributed by atoms with Gasteiger partial charge < -0.3 is 10.4 Å². The lowest BCUT2D eigenvalue weighted by Gasteiger charge is -2.30. The van der Waals surface area contributed by atoms with Crippen molar-refractivity contribution in [2.24, 2.45) is 0 Å². The monoisotopic (exact) mass is 315 g/mol. The van der Waals surface area contributed by atoms with Gasteiger partial charge in [0.2, 0.25) is 5.91 Å². The second-order valence-corrected chi connectivity index (χ2v) is 6.27. The van der Waals surface area contributed by atoms with Gasteiger partial charge in [-0.3, -0.25) is 4.79 Å². The van der Waals surface area contributed by atoms with Crippen LogP contribution >= 0.6 is 23.4 Å². The molecule has 2 N–H and O–H groups in total. The zero-order valence-electron chi connectivity index (χ0n) is 12.0. The van der Waals surface area contributed by atoms with E-state index in [-0.39, 0.29) is 12.5 Å². The molecule has 0 aromatic heterocycles. The molecule has 0 aliphatic heterocycles. The van der Waals surface area contributed by atoms with Crippen LogP contribution in [-0.2, 0) is 4.79 Å². The maximum Gasteiger partial charge on any atom is 0.221 e. The van der Waals surface area contributed by atoms with E-state index in [2.05, 4.69) is 5.32 Å². The Morgan fingerprint density at radius 3 is 2.55 bits per heavy atom. The first-order valence-corrected chi connectivity index (χ1v) is 8.22. The molecule has 0 saturated heterocycles. The number of rotatable bonds is 8. The quantitative estimate of drug-likeness (QED) is 0.722. The molecule has 3 nitrogen and oxygen atoms in total. The minimum Gasteiger partial charge on any atom is -0.394 e. The summed E-state index contributed by atoms with van der Waals surface area (Å²) in [6.07, 6.45) is 1.87. The van der Waals surface area contributed by atoms with Gasteiger partial charge in [0.15, 0.2) is 0 Å². The van der Waals surface area contributed by atoms with Crippen LogP contribution in [-0.4, -0.2) is 28.9 Å². The van der Waals surface area contributed by atoms with Gasteiger partial charge in [-0.15, -0.1) is 11.8 Å². The maximum absolute atomic E-state index is 11.9. The molecular weight excluding hydrogens is 294 g/mol. The summed E-state index contributed by atoms with van der Waals surface area (Å²) in [5.41, 5.74) is -0.480. The summed E-state index contributed by atoms with van der Waals surface area (Å²) in [4.78, 5) is 12.9. The predicted octanol–water partition coefficient (Wildman–Crippen LogP) is 3.49. The number of benzene rings is 1. The molecule has 1 rings (SSSR count). The summed E-state index contributed by atoms with van der Waals surface area (Å²) in [6, 6.07) is 7.60. The number of carbonyl (C=O) groups is 1. The van der Waals surface area contributed by atoms with E-state index < -0.39 is 5.54 Å². The molecule has 5 heteroatoms. The van der Waals surface area contributed by atoms with Crippen molar-refractivity contribution in [3.05, 3.63) is 29.3 Å². The molecule has 0 heterocycles. The first kappa shape index (κ1) is 17.3. The van der Waals surface area contributed by atoms with E-state index in [1.54, 1.807) is 11.8 Å². The fourth-order valence-corrected chi connectivity index (χ4v) is 3.05. The molecule has 0 fully saturated rings. The highest BCUT2D eigenvalue weighted by Crippen LogP contribution is 2.27. The fourth-order valence-electron chi connectivity index (χ4n) is 1.86. The van der Waals surface area contributed by atoms with Crippen molar-refractivity contribution in [1.82, 2.24) is 5.32 Å². The van der Waals surface area contributed by atoms with Crippen LogP contribution in [0.1, 0.15) is 33.1 Å². The number of thioether (sulfide) groups is 1. The first-order valence-electron chi connectivity index (χ1n) is 6.86. The summed E-state index contributed by atoms with van der Waals surface area (Å²) in [6.45, 7) is 3.92. The average Bonchev–Trinajstić information content (AvgIpc) is 2.47. The van der Waals surface area contributed by atoms with E-state index >= 15 is 0 Å². The van der Waals surface area contributed by atoms with Gasteiger partial charge in [-0.25, -0.2) is 0 Å². The van der Waals surface area contributed by atoms with Gasteiger partial charge in [-0.2, -0.15) is 0 Å². The Bertz CT molecular complexity index is 427. The number of aliphatic hydroxyl groups excluding tert-OH is 1. The molecule has 0 bridgehead atoms. The van der Waals surface area contributed by atoms with Crippen LogP contribution in [0, 0.1) is 0 Å². The van der Waals surface area contributed by atoms with Crippen molar-refractivity contribution in [3.63, 3.8) is 0 Å². The highest BCUT2D eigenvalue weighted by Gasteiger charge is 2.26. The van der Waals surface area contributed by atoms with E-state index in [0.29, 0.717) is 17.2 Å². The Labute approximate surface area is 130 Å². The molecule has 1 aromatic carbocycles. The van der Waals surface area contributed by atoms with Crippen LogP contribution in [0.25, 0.3) is 0 Å². The minimum atomic E-state index is -0.480. The van der Waals surface area contributed by atoms with Crippen LogP contribution in [0.3, 0.4) is 0 Å². The second-order valence-electron chi connectivity index (χ2n) is 4.72. The standard InChI is InChI=1S/C15H22ClNO2S/c1-3-15(4-2,11-18)17-14(19)9-10-20-13-8-6-5-7-12(13)16/h5-8,18H,3-4,9-11H2,1-2H3,(H,17,19). The lowest BCUT2D eigenvalue weighted by molar-refractivity contribution is -0.123. The Morgan fingerprint density at radius 1 is 1.35 bits per heavy atom. The van der Waals surface area contributed by atoms with E-state index in [1.807, 2.05) is 38.1 Å². The summed E-state index contributed by atoms with van der Waals surface area (Å²) < 4.78 is 0. The number of hydrogen-bond acceptors (Lipinski definition) is 3. The third kappa shape index (κ3) is 5.00. The highest BCUT2D eigenvalue weighted by molar-refractivity contribution is 7.99. The number of hydrogen-bond donors (Lipinski definition) is 2. The van der Waals surface area contributed by atoms with Gasteiger partial charge in [-0.05, 0) is 25.0 Å². The molecule has 112 valence electrons. The zero-order valence-corrected chi connectivity index (χ0v) is 13.6. The van der Waals surface area contributed by atoms with E-state index in [1.165, 1.54) is 0 Å². The Hall–Kier alpha value is -0.710. The van der Waals surface area contributed by atoms with Crippen LogP contribution in [0.4, 0.5) is 0 Å². The van der Waals surface area contributed by atoms with Crippen molar-refractivity contribution in [2.45, 2.75) is 43.5 Å². The molecule has 0 radical (unpaired) electrons. The smallest absolute Gasteiger partial charge is 0.221 e. The van der Waals surface area contributed by atoms with Crippen molar-refractivity contribution in [2.75, 3.05) is 12.4 Å². The molecule has 1 aromatic rings. The maximum atomic E-state index is 11.9. The molecule has 0 unspecified atom stereocenters. The van der Waals surface area contributed by atoms with Crippen LogP contribution in [0.5, 0.6) is 0 Å². The Kier molecular flexibility index (Phi) is 7.41. The zero-order chi connectivity index (χ0) is 15.0. The van der Waals surface area contributed by atoms with E-state index in [0.717, 1.165) is 17.7 Å². The van der Waals surface area contributed by atoms with Crippen LogP contribution in [0.2, 0.25) is 5.02 Å². The molecule has 0 saturated carbocycles. The van der Waals surface area contributed by atoms with Gasteiger partial charge in [-0.1, -0.05) is 37.6 Å². The van der Waals surface area contributed by atoms with Gasteiger partial charge in [0, 0.05) is 17.1 Å². The highest BCUT2D eigenvalue weighted by atomic mass is 35.5. The average molecular weight is 316 g/mol. The largest absolute Gasteiger partial charge is 0.394 e. The Morgan fingerprint density at radius 2 is 2.00 bits per heavy atom. The predicted molar refractivity (Wildman–Crippen MR) is 85.3 cm³/mol. The number of aliphatic hydroxyl groups is 1. The first-order chi connectivity index (χ1) is 9.56. The third-order valence-corrected chi connectivity index (χ3v) is 5.00. The third-order valence-electron chi connectivity index (χ3n) is 3.48. The minimum absolute atomic E-state index is 0.0244. The second kappa shape index (κ2) is 8.55. The van der Waals surface area contributed by atoms with Gasteiger partial charge in [0.1, 0.15) is 0 Å². The number of amides is 1. The Balaban J connectivity index is 2.42. The van der Waals surface area contributed by atoms with E-state index in [9.17, 15) is 9.90 Å². The normalized spacial score (nSPS) is 11.4. The van der Waals surface area contributed by atoms with Crippen LogP contribution in [0.15, 0.2) is 29.2 Å². The molecule has 0 atom stereocenters. The molecular formula is C15H22ClNO2S. The molecule has 1 amide bonds. The number of carbonyl (C=O) groups excluding carboxylic acids is 1. The summed E-state index contributed by atoms with van der Waals surface area (Å²) in [7, 11) is 0. The van der Waals surface area contributed by atoms with E-state index in [4.69, 9.17) is 11.6 Å². The summed E-state index contributed by atoms with van der Waals surface area (Å²) >= 11 is 7.63. The molecule has 0 aliphatic rings. The molecule has 20 heavy (non-hydrogen) atoms. The van der Waals surface area contributed by atoms with Crippen molar-refractivity contribution in [3.8, 4) is 0 Å². The summed E-state index contributed by atoms with van der Waals surface area (Å²) in [5.74, 6) is 0.645. The lowest BCUT2D eigenvalue weighted by atomic mass is 9.94.